The zero-order valence-corrected chi connectivity index (χ0v) is 18.4. The van der Waals surface area contributed by atoms with Crippen LogP contribution in [-0.2, 0) is 5.41 Å². The highest BCUT2D eigenvalue weighted by Crippen LogP contribution is 2.54. The number of aliphatic hydroxyl groups is 1. The van der Waals surface area contributed by atoms with Gasteiger partial charge in [-0.25, -0.2) is 0 Å². The molecule has 4 heteroatoms. The number of benzene rings is 1. The van der Waals surface area contributed by atoms with Crippen LogP contribution in [0.4, 0.5) is 0 Å². The van der Waals surface area contributed by atoms with Crippen molar-refractivity contribution in [2.45, 2.75) is 77.7 Å². The predicted octanol–water partition coefficient (Wildman–Crippen LogP) is 5.84. The van der Waals surface area contributed by atoms with E-state index in [4.69, 9.17) is 4.74 Å². The summed E-state index contributed by atoms with van der Waals surface area (Å²) in [4.78, 5) is 0. The predicted molar refractivity (Wildman–Crippen MR) is 117 cm³/mol. The van der Waals surface area contributed by atoms with Gasteiger partial charge < -0.3 is 14.9 Å². The van der Waals surface area contributed by atoms with Crippen molar-refractivity contribution < 1.29 is 14.9 Å². The van der Waals surface area contributed by atoms with Gasteiger partial charge in [-0.1, -0.05) is 18.6 Å². The lowest BCUT2D eigenvalue weighted by Crippen LogP contribution is -2.45. The van der Waals surface area contributed by atoms with E-state index in [1.807, 2.05) is 26.0 Å². The largest absolute Gasteiger partial charge is 0.508 e. The van der Waals surface area contributed by atoms with E-state index in [-0.39, 0.29) is 11.5 Å². The molecule has 1 aromatic carbocycles. The molecule has 1 aromatic rings. The number of phenols is 1. The summed E-state index contributed by atoms with van der Waals surface area (Å²) in [7, 11) is 0. The van der Waals surface area contributed by atoms with Crippen LogP contribution in [0.15, 0.2) is 23.8 Å². The summed E-state index contributed by atoms with van der Waals surface area (Å²) in [6.07, 6.45) is 5.29. The molecule has 0 aromatic heterocycles. The standard InChI is InChI=1S/C23H34O3S/c1-7-10-27-21(25)22(3,4)15-12-18(24)20-16-11-14(2)8-9-17(16)23(5,6)26-19(20)13-15/h8,12-13,16-17,24-25,27H,7,9-11H2,1-6H3/t16-,17-/m1/s1. The number of thiol groups is 1. The quantitative estimate of drug-likeness (QED) is 0.344. The smallest absolute Gasteiger partial charge is 0.127 e. The minimum Gasteiger partial charge on any atom is -0.508 e. The summed E-state index contributed by atoms with van der Waals surface area (Å²) >= 11 is 0.949. The Labute approximate surface area is 167 Å². The first-order chi connectivity index (χ1) is 12.6. The Morgan fingerprint density at radius 2 is 2.04 bits per heavy atom. The van der Waals surface area contributed by atoms with Gasteiger partial charge in [0.2, 0.25) is 0 Å². The number of fused-ring (bicyclic) bond motifs is 3. The van der Waals surface area contributed by atoms with Gasteiger partial charge in [-0.3, -0.25) is 0 Å². The zero-order valence-electron chi connectivity index (χ0n) is 17.5. The maximum absolute atomic E-state index is 11.0. The van der Waals surface area contributed by atoms with Crippen molar-refractivity contribution in [2.24, 2.45) is 5.92 Å². The van der Waals surface area contributed by atoms with Crippen LogP contribution in [0.25, 0.3) is 0 Å². The zero-order chi connectivity index (χ0) is 20.0. The van der Waals surface area contributed by atoms with Gasteiger partial charge in [0, 0.05) is 22.8 Å². The molecule has 0 radical (unpaired) electrons. The van der Waals surface area contributed by atoms with Crippen LogP contribution in [-0.4, -0.2) is 26.6 Å². The molecule has 1 aliphatic carbocycles. The molecule has 0 saturated carbocycles. The normalized spacial score (nSPS) is 24.9. The van der Waals surface area contributed by atoms with Gasteiger partial charge in [-0.2, -0.15) is 11.4 Å². The molecular weight excluding hydrogens is 356 g/mol. The second kappa shape index (κ2) is 7.29. The van der Waals surface area contributed by atoms with Crippen LogP contribution in [0.5, 0.6) is 11.5 Å². The maximum atomic E-state index is 11.0. The lowest BCUT2D eigenvalue weighted by atomic mass is 9.67. The molecule has 0 spiro atoms. The van der Waals surface area contributed by atoms with Gasteiger partial charge in [0.1, 0.15) is 17.1 Å². The van der Waals surface area contributed by atoms with Crippen LogP contribution in [0.2, 0.25) is 0 Å². The van der Waals surface area contributed by atoms with Gasteiger partial charge >= 0.3 is 0 Å². The van der Waals surface area contributed by atoms with Crippen molar-refractivity contribution >= 4 is 16.4 Å². The van der Waals surface area contributed by atoms with E-state index in [0.717, 1.165) is 53.2 Å². The van der Waals surface area contributed by atoms with Crippen molar-refractivity contribution in [3.05, 3.63) is 34.9 Å². The Hall–Kier alpha value is -1.26. The summed E-state index contributed by atoms with van der Waals surface area (Å²) in [5.41, 5.74) is 2.41. The Balaban J connectivity index is 2.08. The summed E-state index contributed by atoms with van der Waals surface area (Å²) in [6, 6.07) is 3.88. The number of hydrogen-bond acceptors (Lipinski definition) is 2. The third-order valence-electron chi connectivity index (χ3n) is 6.27. The fraction of sp³-hybridized carbons (Fsp3) is 0.609. The fourth-order valence-electron chi connectivity index (χ4n) is 4.47. The highest BCUT2D eigenvalue weighted by atomic mass is 32.1. The molecule has 0 fully saturated rings. The summed E-state index contributed by atoms with van der Waals surface area (Å²) in [5, 5.41) is 22.1. The highest BCUT2D eigenvalue weighted by molar-refractivity contribution is 7.98. The number of allylic oxidation sites excluding steroid dienone is 2. The summed E-state index contributed by atoms with van der Waals surface area (Å²) in [6.45, 7) is 12.6. The maximum Gasteiger partial charge on any atom is 0.127 e. The molecule has 0 amide bonds. The van der Waals surface area contributed by atoms with Gasteiger partial charge in [0.15, 0.2) is 0 Å². The van der Waals surface area contributed by atoms with Crippen molar-refractivity contribution in [1.29, 1.82) is 0 Å². The SMILES string of the molecule is CCC[SH]=C(O)C(C)(C)c1cc(O)c2c(c1)OC(C)(C)[C@@H]1CC=C(C)C[C@@H]21. The van der Waals surface area contributed by atoms with E-state index in [0.29, 0.717) is 16.7 Å². The second-order valence-corrected chi connectivity index (χ2v) is 10.3. The highest BCUT2D eigenvalue weighted by Gasteiger charge is 2.46. The fourth-order valence-corrected chi connectivity index (χ4v) is 5.43. The first kappa shape index (κ1) is 20.5. The number of aliphatic hydroxyl groups excluding tert-OH is 1. The number of aromatic hydroxyl groups is 1. The molecule has 150 valence electrons. The number of hydrogen-bond donors (Lipinski definition) is 3. The van der Waals surface area contributed by atoms with Crippen LogP contribution in [0.3, 0.4) is 0 Å². The van der Waals surface area contributed by atoms with E-state index >= 15 is 0 Å². The van der Waals surface area contributed by atoms with Gasteiger partial charge in [-0.05, 0) is 77.3 Å². The number of phenolic OH excluding ortho intramolecular Hbond substituents is 1. The van der Waals surface area contributed by atoms with Crippen molar-refractivity contribution in [1.82, 2.24) is 0 Å². The Bertz CT molecular complexity index is 789. The first-order valence-electron chi connectivity index (χ1n) is 10.0. The van der Waals surface area contributed by atoms with E-state index in [1.54, 1.807) is 0 Å². The van der Waals surface area contributed by atoms with Gasteiger partial charge in [-0.15, -0.1) is 0 Å². The molecular formula is C23H34O3S. The minimum absolute atomic E-state index is 0.279. The molecule has 2 aliphatic rings. The van der Waals surface area contributed by atoms with Crippen molar-refractivity contribution in [3.8, 4) is 11.5 Å². The van der Waals surface area contributed by atoms with E-state index < -0.39 is 5.41 Å². The average Bonchev–Trinajstić information content (AvgIpc) is 2.58. The van der Waals surface area contributed by atoms with Crippen molar-refractivity contribution in [2.75, 3.05) is 5.75 Å². The molecule has 1 heterocycles. The molecule has 0 unspecified atom stereocenters. The summed E-state index contributed by atoms with van der Waals surface area (Å²) < 4.78 is 6.42. The Kier molecular flexibility index (Phi) is 5.53. The monoisotopic (exact) mass is 390 g/mol. The van der Waals surface area contributed by atoms with Crippen LogP contribution < -0.4 is 4.74 Å². The molecule has 0 bridgehead atoms. The van der Waals surface area contributed by atoms with Crippen LogP contribution in [0, 0.1) is 5.92 Å². The topological polar surface area (TPSA) is 49.7 Å². The molecule has 27 heavy (non-hydrogen) atoms. The van der Waals surface area contributed by atoms with Crippen LogP contribution >= 0.6 is 11.4 Å². The lowest BCUT2D eigenvalue weighted by molar-refractivity contribution is 0.00747. The summed E-state index contributed by atoms with van der Waals surface area (Å²) in [5.74, 6) is 2.66. The lowest BCUT2D eigenvalue weighted by Gasteiger charge is -2.47. The second-order valence-electron chi connectivity index (χ2n) is 9.15. The molecule has 2 N–H and O–H groups in total. The molecule has 1 aliphatic heterocycles. The molecule has 3 nitrogen and oxygen atoms in total. The first-order valence-corrected chi connectivity index (χ1v) is 11.1. The Morgan fingerprint density at radius 3 is 2.70 bits per heavy atom. The van der Waals surface area contributed by atoms with Crippen molar-refractivity contribution in [3.63, 3.8) is 0 Å². The van der Waals surface area contributed by atoms with E-state index in [2.05, 4.69) is 33.8 Å². The van der Waals surface area contributed by atoms with Crippen LogP contribution in [0.1, 0.15) is 77.8 Å². The Morgan fingerprint density at radius 1 is 1.33 bits per heavy atom. The van der Waals surface area contributed by atoms with E-state index in [9.17, 15) is 10.2 Å². The molecule has 2 atom stereocenters. The van der Waals surface area contributed by atoms with E-state index in [1.165, 1.54) is 5.57 Å². The average molecular weight is 391 g/mol. The third-order valence-corrected chi connectivity index (χ3v) is 7.80. The number of ether oxygens (including phenoxy) is 1. The minimum atomic E-state index is -0.532. The molecule has 0 saturated heterocycles. The van der Waals surface area contributed by atoms with Gasteiger partial charge in [0.05, 0.1) is 5.05 Å². The third kappa shape index (κ3) is 3.71. The number of rotatable bonds is 4. The van der Waals surface area contributed by atoms with Gasteiger partial charge in [0.25, 0.3) is 0 Å². The molecule has 3 rings (SSSR count).